The SMILES string of the molecule is CC(C)CC(O)C(O)C(CO[C@H]1OC(CO)[C@H](O)C(O)C1O)NC(=O)C(C)O. The molecule has 11 heteroatoms. The average Bonchev–Trinajstić information content (AvgIpc) is 2.63. The number of rotatable bonds is 10. The van der Waals surface area contributed by atoms with Crippen LogP contribution in [0.25, 0.3) is 0 Å². The van der Waals surface area contributed by atoms with E-state index in [0.29, 0.717) is 0 Å². The number of nitrogens with one attached hydrogen (secondary N) is 1. The molecule has 1 rings (SSSR count). The van der Waals surface area contributed by atoms with Gasteiger partial charge in [0.05, 0.1) is 25.4 Å². The minimum atomic E-state index is -1.65. The summed E-state index contributed by atoms with van der Waals surface area (Å²) in [5, 5.41) is 71.0. The Morgan fingerprint density at radius 2 is 1.68 bits per heavy atom. The molecular formula is C17H33NO10. The smallest absolute Gasteiger partial charge is 0.248 e. The topological polar surface area (TPSA) is 189 Å². The second kappa shape index (κ2) is 11.3. The highest BCUT2D eigenvalue weighted by molar-refractivity contribution is 5.80. The first-order valence-corrected chi connectivity index (χ1v) is 9.26. The Morgan fingerprint density at radius 1 is 1.07 bits per heavy atom. The second-order valence-corrected chi connectivity index (χ2v) is 7.51. The molecule has 0 spiro atoms. The molecule has 11 nitrogen and oxygen atoms in total. The largest absolute Gasteiger partial charge is 0.394 e. The number of hydrogen-bond acceptors (Lipinski definition) is 10. The van der Waals surface area contributed by atoms with Gasteiger partial charge in [0.15, 0.2) is 6.29 Å². The summed E-state index contributed by atoms with van der Waals surface area (Å²) in [6.07, 6.45) is -11.3. The van der Waals surface area contributed by atoms with Crippen molar-refractivity contribution in [1.82, 2.24) is 5.32 Å². The molecule has 0 aromatic heterocycles. The highest BCUT2D eigenvalue weighted by Crippen LogP contribution is 2.22. The van der Waals surface area contributed by atoms with Gasteiger partial charge in [-0.1, -0.05) is 13.8 Å². The fraction of sp³-hybridized carbons (Fsp3) is 0.941. The zero-order valence-electron chi connectivity index (χ0n) is 16.3. The summed E-state index contributed by atoms with van der Waals surface area (Å²) in [6, 6.07) is -1.16. The van der Waals surface area contributed by atoms with Crippen LogP contribution >= 0.6 is 0 Å². The minimum Gasteiger partial charge on any atom is -0.394 e. The van der Waals surface area contributed by atoms with Crippen LogP contribution in [0.15, 0.2) is 0 Å². The van der Waals surface area contributed by atoms with E-state index in [-0.39, 0.29) is 12.3 Å². The molecular weight excluding hydrogens is 378 g/mol. The van der Waals surface area contributed by atoms with E-state index in [2.05, 4.69) is 5.32 Å². The van der Waals surface area contributed by atoms with Crippen LogP contribution in [0, 0.1) is 5.92 Å². The first kappa shape index (κ1) is 25.1. The van der Waals surface area contributed by atoms with Gasteiger partial charge in [0, 0.05) is 0 Å². The monoisotopic (exact) mass is 411 g/mol. The van der Waals surface area contributed by atoms with E-state index in [9.17, 15) is 40.5 Å². The van der Waals surface area contributed by atoms with Gasteiger partial charge in [0.2, 0.25) is 5.91 Å². The van der Waals surface area contributed by atoms with Crippen molar-refractivity contribution < 1.29 is 50.0 Å². The van der Waals surface area contributed by atoms with Crippen LogP contribution in [-0.2, 0) is 14.3 Å². The third-order valence-corrected chi connectivity index (χ3v) is 4.51. The number of hydrogen-bond donors (Lipinski definition) is 8. The Morgan fingerprint density at radius 3 is 2.18 bits per heavy atom. The van der Waals surface area contributed by atoms with Gasteiger partial charge in [0.1, 0.15) is 36.6 Å². The lowest BCUT2D eigenvalue weighted by Gasteiger charge is -2.40. The van der Waals surface area contributed by atoms with E-state index in [4.69, 9.17) is 9.47 Å². The first-order chi connectivity index (χ1) is 13.0. The molecule has 1 heterocycles. The van der Waals surface area contributed by atoms with Gasteiger partial charge in [-0.25, -0.2) is 0 Å². The summed E-state index contributed by atoms with van der Waals surface area (Å²) in [6.45, 7) is 3.82. The number of ether oxygens (including phenoxy) is 2. The van der Waals surface area contributed by atoms with Gasteiger partial charge in [-0.15, -0.1) is 0 Å². The van der Waals surface area contributed by atoms with Crippen LogP contribution in [-0.4, -0.2) is 110 Å². The fourth-order valence-electron chi connectivity index (χ4n) is 2.82. The molecule has 28 heavy (non-hydrogen) atoms. The minimum absolute atomic E-state index is 0.0594. The van der Waals surface area contributed by atoms with Gasteiger partial charge in [-0.3, -0.25) is 4.79 Å². The lowest BCUT2D eigenvalue weighted by molar-refractivity contribution is -0.303. The maximum absolute atomic E-state index is 11.8. The van der Waals surface area contributed by atoms with Crippen LogP contribution in [0.1, 0.15) is 27.2 Å². The Kier molecular flexibility index (Phi) is 10.2. The van der Waals surface area contributed by atoms with Gasteiger partial charge >= 0.3 is 0 Å². The molecule has 0 bridgehead atoms. The van der Waals surface area contributed by atoms with E-state index >= 15 is 0 Å². The van der Waals surface area contributed by atoms with Crippen LogP contribution < -0.4 is 5.32 Å². The summed E-state index contributed by atoms with van der Waals surface area (Å²) in [4.78, 5) is 11.8. The molecule has 1 saturated heterocycles. The van der Waals surface area contributed by atoms with Crippen LogP contribution in [0.5, 0.6) is 0 Å². The molecule has 166 valence electrons. The Hall–Kier alpha value is -0.890. The van der Waals surface area contributed by atoms with Crippen LogP contribution in [0.4, 0.5) is 0 Å². The third-order valence-electron chi connectivity index (χ3n) is 4.51. The summed E-state index contributed by atoms with van der Waals surface area (Å²) in [5.41, 5.74) is 0. The predicted octanol–water partition coefficient (Wildman–Crippen LogP) is -3.56. The summed E-state index contributed by atoms with van der Waals surface area (Å²) < 4.78 is 10.5. The number of carbonyl (C=O) groups is 1. The lowest BCUT2D eigenvalue weighted by Crippen LogP contribution is -2.60. The molecule has 9 atom stereocenters. The van der Waals surface area contributed by atoms with Gasteiger partial charge in [0.25, 0.3) is 0 Å². The van der Waals surface area contributed by atoms with E-state index < -0.39 is 74.2 Å². The highest BCUT2D eigenvalue weighted by Gasteiger charge is 2.44. The molecule has 1 fully saturated rings. The number of amides is 1. The number of aliphatic hydroxyl groups is 7. The van der Waals surface area contributed by atoms with E-state index in [0.717, 1.165) is 0 Å². The molecule has 0 aromatic carbocycles. The van der Waals surface area contributed by atoms with Crippen molar-refractivity contribution in [2.45, 2.75) is 82.3 Å². The maximum atomic E-state index is 11.8. The van der Waals surface area contributed by atoms with Crippen LogP contribution in [0.2, 0.25) is 0 Å². The molecule has 7 unspecified atom stereocenters. The first-order valence-electron chi connectivity index (χ1n) is 9.26. The Balaban J connectivity index is 2.83. The number of aliphatic hydroxyl groups excluding tert-OH is 7. The molecule has 1 amide bonds. The van der Waals surface area contributed by atoms with E-state index in [1.807, 2.05) is 13.8 Å². The summed E-state index contributed by atoms with van der Waals surface area (Å²) in [5.74, 6) is -0.748. The summed E-state index contributed by atoms with van der Waals surface area (Å²) >= 11 is 0. The maximum Gasteiger partial charge on any atom is 0.248 e. The van der Waals surface area contributed by atoms with Crippen molar-refractivity contribution in [3.05, 3.63) is 0 Å². The second-order valence-electron chi connectivity index (χ2n) is 7.51. The quantitative estimate of drug-likeness (QED) is 0.179. The van der Waals surface area contributed by atoms with Crippen molar-refractivity contribution >= 4 is 5.91 Å². The van der Waals surface area contributed by atoms with Gasteiger partial charge < -0.3 is 50.5 Å². The lowest BCUT2D eigenvalue weighted by atomic mass is 9.97. The summed E-state index contributed by atoms with van der Waals surface area (Å²) in [7, 11) is 0. The third kappa shape index (κ3) is 6.87. The van der Waals surface area contributed by atoms with E-state index in [1.54, 1.807) is 0 Å². The number of carbonyl (C=O) groups excluding carboxylic acids is 1. The van der Waals surface area contributed by atoms with Gasteiger partial charge in [-0.2, -0.15) is 0 Å². The fourth-order valence-corrected chi connectivity index (χ4v) is 2.82. The van der Waals surface area contributed by atoms with E-state index in [1.165, 1.54) is 6.92 Å². The van der Waals surface area contributed by atoms with Gasteiger partial charge in [-0.05, 0) is 19.3 Å². The Labute approximate surface area is 163 Å². The predicted molar refractivity (Wildman–Crippen MR) is 94.8 cm³/mol. The highest BCUT2D eigenvalue weighted by atomic mass is 16.7. The molecule has 1 aliphatic rings. The average molecular weight is 411 g/mol. The van der Waals surface area contributed by atoms with Crippen molar-refractivity contribution in [2.24, 2.45) is 5.92 Å². The molecule has 1 aliphatic heterocycles. The van der Waals surface area contributed by atoms with Crippen molar-refractivity contribution in [1.29, 1.82) is 0 Å². The zero-order chi connectivity index (χ0) is 21.6. The van der Waals surface area contributed by atoms with Crippen LogP contribution in [0.3, 0.4) is 0 Å². The zero-order valence-corrected chi connectivity index (χ0v) is 16.3. The van der Waals surface area contributed by atoms with Crippen molar-refractivity contribution in [3.63, 3.8) is 0 Å². The Bertz CT molecular complexity index is 475. The molecule has 0 radical (unpaired) electrons. The molecule has 0 saturated carbocycles. The van der Waals surface area contributed by atoms with Crippen molar-refractivity contribution in [2.75, 3.05) is 13.2 Å². The van der Waals surface area contributed by atoms with Crippen molar-refractivity contribution in [3.8, 4) is 0 Å². The normalized spacial score (nSPS) is 32.6. The molecule has 0 aromatic rings. The standard InChI is InChI=1S/C17H33NO10/c1-7(2)4-10(21)12(22)9(18-16(26)8(3)20)6-27-17-15(25)14(24)13(23)11(5-19)28-17/h7-15,17,19-25H,4-6H2,1-3H3,(H,18,26)/t8?,9?,10?,11?,12?,13-,14?,15?,17-/m0/s1. The molecule has 0 aliphatic carbocycles. The molecule has 8 N–H and O–H groups in total.